The normalized spacial score (nSPS) is 15.0. The summed E-state index contributed by atoms with van der Waals surface area (Å²) < 4.78 is 5.71. The number of likely N-dealkylation sites (tertiary alicyclic amines) is 1. The summed E-state index contributed by atoms with van der Waals surface area (Å²) in [6.45, 7) is 5.84. The Morgan fingerprint density at radius 1 is 1.12 bits per heavy atom. The number of unbranched alkanes of at least 4 members (excludes halogenated alkanes) is 3. The van der Waals surface area contributed by atoms with Gasteiger partial charge in [0.25, 0.3) is 0 Å². The zero-order chi connectivity index (χ0) is 18.1. The first-order valence-corrected chi connectivity index (χ1v) is 9.39. The van der Waals surface area contributed by atoms with Gasteiger partial charge < -0.3 is 15.0 Å². The summed E-state index contributed by atoms with van der Waals surface area (Å²) in [5.41, 5.74) is 0.789. The molecule has 1 aliphatic rings. The molecule has 1 aliphatic heterocycles. The van der Waals surface area contributed by atoms with Crippen molar-refractivity contribution in [2.24, 2.45) is 5.92 Å². The number of nitrogens with zero attached hydrogens (tertiary/aromatic N) is 1. The van der Waals surface area contributed by atoms with Crippen LogP contribution in [0.3, 0.4) is 0 Å². The van der Waals surface area contributed by atoms with Crippen LogP contribution in [0.25, 0.3) is 0 Å². The van der Waals surface area contributed by atoms with E-state index in [1.165, 1.54) is 19.3 Å². The lowest BCUT2D eigenvalue weighted by molar-refractivity contribution is -0.132. The van der Waals surface area contributed by atoms with Crippen LogP contribution < -0.4 is 10.1 Å². The Hall–Kier alpha value is -2.04. The van der Waals surface area contributed by atoms with Crippen LogP contribution in [0.4, 0.5) is 5.69 Å². The fraction of sp³-hybridized carbons (Fsp3) is 0.600. The molecule has 0 radical (unpaired) electrons. The van der Waals surface area contributed by atoms with Crippen LogP contribution in [0, 0.1) is 5.92 Å². The summed E-state index contributed by atoms with van der Waals surface area (Å²) in [6.07, 6.45) is 6.20. The van der Waals surface area contributed by atoms with Gasteiger partial charge in [0.2, 0.25) is 11.8 Å². The number of hydrogen-bond acceptors (Lipinski definition) is 3. The Bertz CT molecular complexity index is 549. The van der Waals surface area contributed by atoms with E-state index >= 15 is 0 Å². The van der Waals surface area contributed by atoms with Crippen molar-refractivity contribution in [3.63, 3.8) is 0 Å². The highest BCUT2D eigenvalue weighted by Crippen LogP contribution is 2.21. The first-order chi connectivity index (χ1) is 12.1. The third-order valence-electron chi connectivity index (χ3n) is 4.70. The maximum atomic E-state index is 12.4. The van der Waals surface area contributed by atoms with Crippen molar-refractivity contribution >= 4 is 17.5 Å². The highest BCUT2D eigenvalue weighted by molar-refractivity contribution is 5.92. The molecule has 2 amide bonds. The van der Waals surface area contributed by atoms with Crippen LogP contribution >= 0.6 is 0 Å². The second-order valence-electron chi connectivity index (χ2n) is 6.70. The maximum Gasteiger partial charge on any atom is 0.227 e. The molecule has 138 valence electrons. The fourth-order valence-electron chi connectivity index (χ4n) is 3.05. The lowest BCUT2D eigenvalue weighted by atomic mass is 9.96. The second kappa shape index (κ2) is 10.1. The number of nitrogens with one attached hydrogen (secondary N) is 1. The second-order valence-corrected chi connectivity index (χ2v) is 6.70. The molecule has 1 aromatic rings. The smallest absolute Gasteiger partial charge is 0.227 e. The van der Waals surface area contributed by atoms with E-state index in [4.69, 9.17) is 4.74 Å². The van der Waals surface area contributed by atoms with Gasteiger partial charge in [0, 0.05) is 31.6 Å². The molecule has 1 aromatic carbocycles. The van der Waals surface area contributed by atoms with E-state index in [2.05, 4.69) is 12.2 Å². The SMILES string of the molecule is CCCCCCOc1ccc(NC(=O)C2CCN(C(C)=O)CC2)cc1. The molecule has 0 saturated carbocycles. The van der Waals surface area contributed by atoms with E-state index in [-0.39, 0.29) is 17.7 Å². The molecule has 2 rings (SSSR count). The van der Waals surface area contributed by atoms with Gasteiger partial charge in [0.05, 0.1) is 6.61 Å². The quantitative estimate of drug-likeness (QED) is 0.728. The van der Waals surface area contributed by atoms with Gasteiger partial charge in [-0.25, -0.2) is 0 Å². The topological polar surface area (TPSA) is 58.6 Å². The van der Waals surface area contributed by atoms with Gasteiger partial charge >= 0.3 is 0 Å². The number of piperidine rings is 1. The van der Waals surface area contributed by atoms with Gasteiger partial charge in [0.1, 0.15) is 5.75 Å². The van der Waals surface area contributed by atoms with Crippen LogP contribution in [0.5, 0.6) is 5.75 Å². The van der Waals surface area contributed by atoms with Crippen LogP contribution in [0.2, 0.25) is 0 Å². The highest BCUT2D eigenvalue weighted by atomic mass is 16.5. The molecule has 0 aromatic heterocycles. The number of hydrogen-bond donors (Lipinski definition) is 1. The Kier molecular flexibility index (Phi) is 7.76. The van der Waals surface area contributed by atoms with Crippen molar-refractivity contribution in [1.29, 1.82) is 0 Å². The van der Waals surface area contributed by atoms with Gasteiger partial charge in [-0.3, -0.25) is 9.59 Å². The molecular formula is C20H30N2O3. The number of carbonyl (C=O) groups excluding carboxylic acids is 2. The number of carbonyl (C=O) groups is 2. The molecule has 1 fully saturated rings. The minimum Gasteiger partial charge on any atom is -0.494 e. The number of rotatable bonds is 8. The Morgan fingerprint density at radius 2 is 1.80 bits per heavy atom. The van der Waals surface area contributed by atoms with E-state index < -0.39 is 0 Å². The summed E-state index contributed by atoms with van der Waals surface area (Å²) in [5, 5.41) is 2.97. The van der Waals surface area contributed by atoms with E-state index in [9.17, 15) is 9.59 Å². The number of ether oxygens (including phenoxy) is 1. The Balaban J connectivity index is 1.73. The highest BCUT2D eigenvalue weighted by Gasteiger charge is 2.25. The number of amides is 2. The van der Waals surface area contributed by atoms with Crippen molar-refractivity contribution in [2.75, 3.05) is 25.0 Å². The Morgan fingerprint density at radius 3 is 2.40 bits per heavy atom. The lowest BCUT2D eigenvalue weighted by Gasteiger charge is -2.30. The van der Waals surface area contributed by atoms with Gasteiger partial charge in [-0.2, -0.15) is 0 Å². The van der Waals surface area contributed by atoms with Crippen LogP contribution in [-0.2, 0) is 9.59 Å². The third kappa shape index (κ3) is 6.40. The number of benzene rings is 1. The largest absolute Gasteiger partial charge is 0.494 e. The molecule has 1 saturated heterocycles. The number of anilines is 1. The predicted octanol–water partition coefficient (Wildman–Crippen LogP) is 3.84. The summed E-state index contributed by atoms with van der Waals surface area (Å²) in [6, 6.07) is 7.55. The molecule has 5 heteroatoms. The molecular weight excluding hydrogens is 316 g/mol. The monoisotopic (exact) mass is 346 g/mol. The molecule has 1 N–H and O–H groups in total. The fourth-order valence-corrected chi connectivity index (χ4v) is 3.05. The summed E-state index contributed by atoms with van der Waals surface area (Å²) >= 11 is 0. The Labute approximate surface area is 150 Å². The molecule has 0 spiro atoms. The molecule has 0 atom stereocenters. The summed E-state index contributed by atoms with van der Waals surface area (Å²) in [7, 11) is 0. The van der Waals surface area contributed by atoms with Gasteiger partial charge in [-0.15, -0.1) is 0 Å². The van der Waals surface area contributed by atoms with E-state index in [0.717, 1.165) is 37.3 Å². The van der Waals surface area contributed by atoms with Crippen LogP contribution in [-0.4, -0.2) is 36.4 Å². The average molecular weight is 346 g/mol. The molecule has 0 bridgehead atoms. The van der Waals surface area contributed by atoms with Crippen molar-refractivity contribution in [3.8, 4) is 5.75 Å². The minimum atomic E-state index is -0.0231. The maximum absolute atomic E-state index is 12.4. The van der Waals surface area contributed by atoms with E-state index in [1.807, 2.05) is 24.3 Å². The summed E-state index contributed by atoms with van der Waals surface area (Å²) in [5.74, 6) is 0.940. The predicted molar refractivity (Wildman–Crippen MR) is 99.7 cm³/mol. The van der Waals surface area contributed by atoms with Gasteiger partial charge in [0.15, 0.2) is 0 Å². The molecule has 1 heterocycles. The molecule has 0 unspecified atom stereocenters. The van der Waals surface area contributed by atoms with Crippen LogP contribution in [0.15, 0.2) is 24.3 Å². The van der Waals surface area contributed by atoms with Crippen molar-refractivity contribution < 1.29 is 14.3 Å². The third-order valence-corrected chi connectivity index (χ3v) is 4.70. The first-order valence-electron chi connectivity index (χ1n) is 9.39. The molecule has 0 aliphatic carbocycles. The van der Waals surface area contributed by atoms with Gasteiger partial charge in [-0.05, 0) is 43.5 Å². The summed E-state index contributed by atoms with van der Waals surface area (Å²) in [4.78, 5) is 25.5. The van der Waals surface area contributed by atoms with Crippen molar-refractivity contribution in [3.05, 3.63) is 24.3 Å². The molecule has 25 heavy (non-hydrogen) atoms. The van der Waals surface area contributed by atoms with Crippen molar-refractivity contribution in [2.45, 2.75) is 52.4 Å². The van der Waals surface area contributed by atoms with E-state index in [0.29, 0.717) is 13.1 Å². The van der Waals surface area contributed by atoms with Gasteiger partial charge in [-0.1, -0.05) is 26.2 Å². The zero-order valence-electron chi connectivity index (χ0n) is 15.4. The lowest BCUT2D eigenvalue weighted by Crippen LogP contribution is -2.40. The van der Waals surface area contributed by atoms with Crippen molar-refractivity contribution in [1.82, 2.24) is 4.90 Å². The van der Waals surface area contributed by atoms with E-state index in [1.54, 1.807) is 11.8 Å². The standard InChI is InChI=1S/C20H30N2O3/c1-3-4-5-6-15-25-19-9-7-18(8-10-19)21-20(24)17-11-13-22(14-12-17)16(2)23/h7-10,17H,3-6,11-15H2,1-2H3,(H,21,24). The first kappa shape index (κ1) is 19.3. The minimum absolute atomic E-state index is 0.0231. The average Bonchev–Trinajstić information content (AvgIpc) is 2.63. The zero-order valence-corrected chi connectivity index (χ0v) is 15.4. The van der Waals surface area contributed by atoms with Crippen LogP contribution in [0.1, 0.15) is 52.4 Å². The molecule has 5 nitrogen and oxygen atoms in total.